The first-order valence-electron chi connectivity index (χ1n) is 12.0. The van der Waals surface area contributed by atoms with Gasteiger partial charge >= 0.3 is 12.4 Å². The first kappa shape index (κ1) is 26.9. The predicted octanol–water partition coefficient (Wildman–Crippen LogP) is 6.68. The van der Waals surface area contributed by atoms with Gasteiger partial charge in [-0.1, -0.05) is 12.1 Å². The van der Waals surface area contributed by atoms with Crippen LogP contribution in [0.25, 0.3) is 0 Å². The number of rotatable bonds is 5. The minimum absolute atomic E-state index is 0.113. The topological polar surface area (TPSA) is 38.5 Å². The predicted molar refractivity (Wildman–Crippen MR) is 121 cm³/mol. The van der Waals surface area contributed by atoms with E-state index < -0.39 is 41.5 Å². The normalized spacial score (nSPS) is 26.8. The standard InChI is InChI=1S/C26H29F7N2O/c1-15(17-10-18(25(28,29)30)12-19(11-17)26(31,32)33)36-24-8-9-35(22-7-6-21(34)13-22)14-23(24)16-2-4-20(27)5-3-16/h2-5,10-12,15,21-24H,6-9,13-14,34H2,1H3/t15-,21+,22?,23-,24+/m1/s1. The van der Waals surface area contributed by atoms with E-state index >= 15 is 0 Å². The second kappa shape index (κ2) is 10.3. The molecule has 1 saturated carbocycles. The smallest absolute Gasteiger partial charge is 0.370 e. The average Bonchev–Trinajstić information content (AvgIpc) is 3.24. The second-order valence-electron chi connectivity index (χ2n) is 9.82. The molecule has 198 valence electrons. The van der Waals surface area contributed by atoms with Crippen LogP contribution in [0.4, 0.5) is 30.7 Å². The van der Waals surface area contributed by atoms with Crippen molar-refractivity contribution < 1.29 is 35.5 Å². The van der Waals surface area contributed by atoms with Crippen LogP contribution in [0.2, 0.25) is 0 Å². The second-order valence-corrected chi connectivity index (χ2v) is 9.82. The van der Waals surface area contributed by atoms with Gasteiger partial charge in [-0.3, -0.25) is 4.90 Å². The van der Waals surface area contributed by atoms with Gasteiger partial charge in [0, 0.05) is 31.1 Å². The third-order valence-corrected chi connectivity index (χ3v) is 7.30. The molecular weight excluding hydrogens is 489 g/mol. The molecule has 2 N–H and O–H groups in total. The fraction of sp³-hybridized carbons (Fsp3) is 0.538. The Morgan fingerprint density at radius 3 is 2.06 bits per heavy atom. The Labute approximate surface area is 205 Å². The van der Waals surface area contributed by atoms with Crippen LogP contribution < -0.4 is 5.73 Å². The molecule has 1 aliphatic carbocycles. The van der Waals surface area contributed by atoms with Crippen molar-refractivity contribution in [2.45, 2.75) is 75.2 Å². The lowest BCUT2D eigenvalue weighted by Crippen LogP contribution is -2.47. The van der Waals surface area contributed by atoms with E-state index in [1.54, 1.807) is 12.1 Å². The summed E-state index contributed by atoms with van der Waals surface area (Å²) in [7, 11) is 0. The van der Waals surface area contributed by atoms with E-state index in [4.69, 9.17) is 10.5 Å². The first-order valence-corrected chi connectivity index (χ1v) is 12.0. The number of hydrogen-bond donors (Lipinski definition) is 1. The zero-order valence-corrected chi connectivity index (χ0v) is 19.7. The highest BCUT2D eigenvalue weighted by atomic mass is 19.4. The van der Waals surface area contributed by atoms with Crippen LogP contribution in [0.5, 0.6) is 0 Å². The lowest BCUT2D eigenvalue weighted by atomic mass is 9.86. The van der Waals surface area contributed by atoms with Crippen LogP contribution in [-0.2, 0) is 17.1 Å². The number of hydrogen-bond acceptors (Lipinski definition) is 3. The molecule has 1 unspecified atom stereocenters. The third-order valence-electron chi connectivity index (χ3n) is 7.30. The van der Waals surface area contributed by atoms with Crippen LogP contribution >= 0.6 is 0 Å². The minimum atomic E-state index is -4.93. The van der Waals surface area contributed by atoms with Gasteiger partial charge in [-0.2, -0.15) is 26.3 Å². The van der Waals surface area contributed by atoms with Crippen molar-refractivity contribution in [2.24, 2.45) is 5.73 Å². The van der Waals surface area contributed by atoms with Gasteiger partial charge in [0.2, 0.25) is 0 Å². The Hall–Kier alpha value is -2.17. The number of piperidine rings is 1. The SMILES string of the molecule is C[C@@H](O[C@H]1CCN(C2CC[C@H](N)C2)C[C@@H]1c1ccc(F)cc1)c1cc(C(F)(F)F)cc(C(F)(F)F)c1. The van der Waals surface area contributed by atoms with Crippen LogP contribution in [0, 0.1) is 5.82 Å². The molecule has 2 aliphatic rings. The summed E-state index contributed by atoms with van der Waals surface area (Å²) in [6.07, 6.45) is -8.07. The molecule has 0 aromatic heterocycles. The maximum Gasteiger partial charge on any atom is 0.416 e. The summed E-state index contributed by atoms with van der Waals surface area (Å²) in [6, 6.07) is 7.95. The lowest BCUT2D eigenvalue weighted by Gasteiger charge is -2.42. The molecule has 2 fully saturated rings. The van der Waals surface area contributed by atoms with Crippen molar-refractivity contribution in [3.05, 3.63) is 70.5 Å². The highest BCUT2D eigenvalue weighted by Crippen LogP contribution is 2.40. The van der Waals surface area contributed by atoms with E-state index in [9.17, 15) is 30.7 Å². The molecule has 1 saturated heterocycles. The van der Waals surface area contributed by atoms with Gasteiger partial charge in [-0.15, -0.1) is 0 Å². The minimum Gasteiger partial charge on any atom is -0.370 e. The Bertz CT molecular complexity index is 1010. The fourth-order valence-corrected chi connectivity index (χ4v) is 5.36. The maximum atomic E-state index is 13.6. The quantitative estimate of drug-likeness (QED) is 0.449. The van der Waals surface area contributed by atoms with Crippen molar-refractivity contribution in [3.8, 4) is 0 Å². The zero-order chi connectivity index (χ0) is 26.3. The number of likely N-dealkylation sites (tertiary alicyclic amines) is 1. The summed E-state index contributed by atoms with van der Waals surface area (Å²) in [6.45, 7) is 2.71. The van der Waals surface area contributed by atoms with Crippen LogP contribution in [-0.4, -0.2) is 36.2 Å². The summed E-state index contributed by atoms with van der Waals surface area (Å²) in [5.74, 6) is -0.630. The molecule has 1 aliphatic heterocycles. The Morgan fingerprint density at radius 2 is 1.53 bits per heavy atom. The van der Waals surface area contributed by atoms with E-state index in [0.29, 0.717) is 37.7 Å². The number of nitrogens with zero attached hydrogens (tertiary/aromatic N) is 1. The molecule has 2 aromatic carbocycles. The zero-order valence-electron chi connectivity index (χ0n) is 19.7. The summed E-state index contributed by atoms with van der Waals surface area (Å²) >= 11 is 0. The highest BCUT2D eigenvalue weighted by Gasteiger charge is 2.39. The summed E-state index contributed by atoms with van der Waals surface area (Å²) < 4.78 is 99.8. The van der Waals surface area contributed by atoms with Crippen molar-refractivity contribution >= 4 is 0 Å². The van der Waals surface area contributed by atoms with E-state index in [2.05, 4.69) is 4.90 Å². The van der Waals surface area contributed by atoms with E-state index in [1.807, 2.05) is 0 Å². The van der Waals surface area contributed by atoms with Gasteiger partial charge in [0.1, 0.15) is 5.82 Å². The maximum absolute atomic E-state index is 13.6. The van der Waals surface area contributed by atoms with E-state index in [0.717, 1.165) is 24.8 Å². The van der Waals surface area contributed by atoms with Crippen LogP contribution in [0.15, 0.2) is 42.5 Å². The molecule has 0 spiro atoms. The van der Waals surface area contributed by atoms with Gasteiger partial charge in [-0.25, -0.2) is 4.39 Å². The molecule has 0 bridgehead atoms. The van der Waals surface area contributed by atoms with Gasteiger partial charge in [0.05, 0.1) is 23.3 Å². The number of ether oxygens (including phenoxy) is 1. The van der Waals surface area contributed by atoms with E-state index in [1.165, 1.54) is 19.1 Å². The van der Waals surface area contributed by atoms with Crippen molar-refractivity contribution in [2.75, 3.05) is 13.1 Å². The molecule has 2 aromatic rings. The Morgan fingerprint density at radius 1 is 0.917 bits per heavy atom. The molecule has 3 nitrogen and oxygen atoms in total. The Kier molecular flexibility index (Phi) is 7.69. The highest BCUT2D eigenvalue weighted by molar-refractivity contribution is 5.35. The van der Waals surface area contributed by atoms with Gasteiger partial charge in [0.25, 0.3) is 0 Å². The van der Waals surface area contributed by atoms with Gasteiger partial charge < -0.3 is 10.5 Å². The molecule has 5 atom stereocenters. The lowest BCUT2D eigenvalue weighted by molar-refractivity contribution is -0.143. The molecule has 0 amide bonds. The number of halogens is 7. The van der Waals surface area contributed by atoms with Crippen LogP contribution in [0.1, 0.15) is 66.9 Å². The first-order chi connectivity index (χ1) is 16.8. The number of nitrogens with two attached hydrogens (primary N) is 1. The molecule has 36 heavy (non-hydrogen) atoms. The third kappa shape index (κ3) is 6.20. The molecule has 1 heterocycles. The summed E-state index contributed by atoms with van der Waals surface area (Å²) in [5, 5.41) is 0. The molecule has 4 rings (SSSR count). The van der Waals surface area contributed by atoms with Gasteiger partial charge in [0.15, 0.2) is 0 Å². The van der Waals surface area contributed by atoms with Crippen LogP contribution in [0.3, 0.4) is 0 Å². The number of benzene rings is 2. The monoisotopic (exact) mass is 518 g/mol. The van der Waals surface area contributed by atoms with Crippen molar-refractivity contribution in [1.29, 1.82) is 0 Å². The number of alkyl halides is 6. The molecular formula is C26H29F7N2O. The van der Waals surface area contributed by atoms with Gasteiger partial charge in [-0.05, 0) is 74.1 Å². The summed E-state index contributed by atoms with van der Waals surface area (Å²) in [5.41, 5.74) is 3.95. The molecule has 0 radical (unpaired) electrons. The van der Waals surface area contributed by atoms with E-state index in [-0.39, 0.29) is 23.6 Å². The van der Waals surface area contributed by atoms with Crippen molar-refractivity contribution in [1.82, 2.24) is 4.90 Å². The average molecular weight is 519 g/mol. The molecule has 10 heteroatoms. The van der Waals surface area contributed by atoms with Crippen molar-refractivity contribution in [3.63, 3.8) is 0 Å². The fourth-order valence-electron chi connectivity index (χ4n) is 5.36. The largest absolute Gasteiger partial charge is 0.416 e. The summed E-state index contributed by atoms with van der Waals surface area (Å²) in [4.78, 5) is 2.32. The Balaban J connectivity index is 1.59.